The Balaban J connectivity index is 1.16. The molecule has 0 amide bonds. The van der Waals surface area contributed by atoms with Gasteiger partial charge < -0.3 is 16.2 Å². The van der Waals surface area contributed by atoms with Crippen LogP contribution >= 0.6 is 0 Å². The Labute approximate surface area is 195 Å². The number of hydrogen-bond acceptors (Lipinski definition) is 7. The number of guanidine groups is 2. The van der Waals surface area contributed by atoms with E-state index in [1.807, 2.05) is 29.2 Å². The van der Waals surface area contributed by atoms with Gasteiger partial charge in [-0.05, 0) is 106 Å². The van der Waals surface area contributed by atoms with Crippen LogP contribution in [0.5, 0.6) is 0 Å². The number of nitrogens with zero attached hydrogens (tertiary/aromatic N) is 3. The van der Waals surface area contributed by atoms with Gasteiger partial charge in [-0.3, -0.25) is 4.90 Å². The highest BCUT2D eigenvalue weighted by Gasteiger charge is 2.51. The third-order valence-electron chi connectivity index (χ3n) is 8.89. The lowest BCUT2D eigenvalue weighted by Gasteiger charge is -2.56. The third kappa shape index (κ3) is 3.69. The lowest BCUT2D eigenvalue weighted by atomic mass is 9.50. The fourth-order valence-corrected chi connectivity index (χ4v) is 8.01. The van der Waals surface area contributed by atoms with E-state index in [9.17, 15) is 4.79 Å². The number of ether oxygens (including phenoxy) is 1. The van der Waals surface area contributed by atoms with Crippen LogP contribution in [0.2, 0.25) is 0 Å². The van der Waals surface area contributed by atoms with Crippen molar-refractivity contribution in [3.05, 3.63) is 29.8 Å². The summed E-state index contributed by atoms with van der Waals surface area (Å²) in [4.78, 5) is 23.8. The largest absolute Gasteiger partial charge is 0.462 e. The lowest BCUT2D eigenvalue weighted by molar-refractivity contribution is -0.0848. The summed E-state index contributed by atoms with van der Waals surface area (Å²) in [6.07, 6.45) is 13.0. The van der Waals surface area contributed by atoms with Crippen molar-refractivity contribution in [3.8, 4) is 0 Å². The number of esters is 1. The van der Waals surface area contributed by atoms with E-state index in [0.29, 0.717) is 18.1 Å². The monoisotopic (exact) mass is 449 g/mol. The molecule has 1 aromatic rings. The molecular formula is C26H35N5O2. The van der Waals surface area contributed by atoms with Crippen LogP contribution in [-0.4, -0.2) is 30.2 Å². The average molecular weight is 450 g/mol. The average Bonchev–Trinajstić information content (AvgIpc) is 2.77. The Morgan fingerprint density at radius 3 is 2.18 bits per heavy atom. The van der Waals surface area contributed by atoms with E-state index in [1.54, 1.807) is 0 Å². The highest BCUT2D eigenvalue weighted by Crippen LogP contribution is 2.60. The highest BCUT2D eigenvalue weighted by atomic mass is 16.5. The molecule has 5 fully saturated rings. The van der Waals surface area contributed by atoms with E-state index in [-0.39, 0.29) is 17.3 Å². The molecule has 0 atom stereocenters. The first-order valence-corrected chi connectivity index (χ1v) is 12.7. The van der Waals surface area contributed by atoms with Crippen LogP contribution in [-0.2, 0) is 4.74 Å². The number of benzene rings is 1. The summed E-state index contributed by atoms with van der Waals surface area (Å²) in [5.74, 6) is 2.95. The molecule has 4 N–H and O–H groups in total. The Kier molecular flexibility index (Phi) is 4.93. The molecule has 0 radical (unpaired) electrons. The van der Waals surface area contributed by atoms with Gasteiger partial charge in [0, 0.05) is 11.1 Å². The first-order valence-electron chi connectivity index (χ1n) is 12.7. The summed E-state index contributed by atoms with van der Waals surface area (Å²) in [6, 6.07) is 7.53. The van der Waals surface area contributed by atoms with E-state index in [4.69, 9.17) is 21.2 Å². The zero-order valence-corrected chi connectivity index (χ0v) is 19.3. The Morgan fingerprint density at radius 2 is 1.58 bits per heavy atom. The molecular weight excluding hydrogens is 414 g/mol. The molecule has 33 heavy (non-hydrogen) atoms. The Bertz CT molecular complexity index is 957. The van der Waals surface area contributed by atoms with E-state index in [2.05, 4.69) is 4.99 Å². The molecule has 1 aliphatic heterocycles. The van der Waals surface area contributed by atoms with Crippen molar-refractivity contribution in [2.75, 3.05) is 11.5 Å². The van der Waals surface area contributed by atoms with E-state index in [0.717, 1.165) is 49.1 Å². The molecule has 0 unspecified atom stereocenters. The van der Waals surface area contributed by atoms with Gasteiger partial charge in [-0.2, -0.15) is 4.99 Å². The normalized spacial score (nSPS) is 34.2. The zero-order chi connectivity index (χ0) is 22.6. The van der Waals surface area contributed by atoms with Gasteiger partial charge in [0.25, 0.3) is 0 Å². The maximum atomic E-state index is 12.9. The molecule has 176 valence electrons. The minimum absolute atomic E-state index is 0.229. The maximum Gasteiger partial charge on any atom is 0.338 e. The second-order valence-electron chi connectivity index (χ2n) is 11.4. The highest BCUT2D eigenvalue weighted by molar-refractivity contribution is 6.05. The van der Waals surface area contributed by atoms with Crippen LogP contribution in [0.1, 0.15) is 81.0 Å². The van der Waals surface area contributed by atoms with E-state index >= 15 is 0 Å². The molecule has 1 aromatic carbocycles. The van der Waals surface area contributed by atoms with Crippen molar-refractivity contribution in [1.82, 2.24) is 0 Å². The second kappa shape index (κ2) is 7.74. The predicted octanol–water partition coefficient (Wildman–Crippen LogP) is 4.17. The first-order chi connectivity index (χ1) is 15.9. The molecule has 6 aliphatic rings. The number of hydrogen-bond donors (Lipinski definition) is 2. The molecule has 7 nitrogen and oxygen atoms in total. The van der Waals surface area contributed by atoms with Crippen LogP contribution in [0.3, 0.4) is 0 Å². The minimum Gasteiger partial charge on any atom is -0.462 e. The quantitative estimate of drug-likeness (QED) is 0.671. The smallest absolute Gasteiger partial charge is 0.338 e. The van der Waals surface area contributed by atoms with Crippen LogP contribution < -0.4 is 16.4 Å². The Hall–Kier alpha value is -2.57. The number of carbonyl (C=O) groups is 1. The number of carbonyl (C=O) groups excluding carboxylic acids is 1. The number of rotatable bonds is 4. The van der Waals surface area contributed by atoms with Crippen molar-refractivity contribution in [1.29, 1.82) is 0 Å². The van der Waals surface area contributed by atoms with Gasteiger partial charge in [0.1, 0.15) is 5.66 Å². The number of nitrogens with two attached hydrogens (primary N) is 2. The molecule has 1 spiro atoms. The van der Waals surface area contributed by atoms with Gasteiger partial charge in [0.2, 0.25) is 11.9 Å². The van der Waals surface area contributed by atoms with Gasteiger partial charge in [-0.15, -0.1) is 0 Å². The standard InChI is InChI=1S/C26H35N5O2/c27-23-29-24(28)31(26(30-23)8-2-1-3-9-26)21-6-4-20(5-7-21)22(32)33-16-25-13-17-10-18(14-25)12-19(11-17)15-25/h4-7,17-19H,1-3,8-16H2,(H4,27,28,29,30). The van der Waals surface area contributed by atoms with Crippen LogP contribution in [0, 0.1) is 23.2 Å². The van der Waals surface area contributed by atoms with Crippen molar-refractivity contribution in [3.63, 3.8) is 0 Å². The summed E-state index contributed by atoms with van der Waals surface area (Å²) < 4.78 is 5.90. The summed E-state index contributed by atoms with van der Waals surface area (Å²) in [6.45, 7) is 0.569. The predicted molar refractivity (Wildman–Crippen MR) is 129 cm³/mol. The number of anilines is 1. The third-order valence-corrected chi connectivity index (χ3v) is 8.89. The van der Waals surface area contributed by atoms with Crippen molar-refractivity contribution >= 4 is 23.6 Å². The molecule has 0 aromatic heterocycles. The molecule has 1 heterocycles. The van der Waals surface area contributed by atoms with Gasteiger partial charge in [-0.25, -0.2) is 9.79 Å². The van der Waals surface area contributed by atoms with Gasteiger partial charge in [0.15, 0.2) is 0 Å². The number of aliphatic imine (C=N–C) groups is 2. The second-order valence-corrected chi connectivity index (χ2v) is 11.4. The fourth-order valence-electron chi connectivity index (χ4n) is 8.01. The Morgan fingerprint density at radius 1 is 0.970 bits per heavy atom. The van der Waals surface area contributed by atoms with Crippen molar-refractivity contribution in [2.45, 2.75) is 76.3 Å². The summed E-state index contributed by atoms with van der Waals surface area (Å²) >= 11 is 0. The molecule has 5 aliphatic carbocycles. The zero-order valence-electron chi connectivity index (χ0n) is 19.3. The van der Waals surface area contributed by atoms with Crippen LogP contribution in [0.25, 0.3) is 0 Å². The molecule has 7 heteroatoms. The summed E-state index contributed by atoms with van der Waals surface area (Å²) in [5.41, 5.74) is 13.5. The SMILES string of the molecule is NC1=NC2(CCCCC2)N(c2ccc(C(=O)OCC34CC5CC(CC(C5)C3)C4)cc2)C(N)=N1. The summed E-state index contributed by atoms with van der Waals surface area (Å²) in [7, 11) is 0. The summed E-state index contributed by atoms with van der Waals surface area (Å²) in [5, 5.41) is 0. The molecule has 5 saturated carbocycles. The van der Waals surface area contributed by atoms with Crippen molar-refractivity contribution < 1.29 is 9.53 Å². The van der Waals surface area contributed by atoms with Crippen LogP contribution in [0.15, 0.2) is 34.3 Å². The topological polar surface area (TPSA) is 106 Å². The maximum absolute atomic E-state index is 12.9. The first kappa shape index (κ1) is 21.0. The van der Waals surface area contributed by atoms with Crippen molar-refractivity contribution in [2.24, 2.45) is 44.6 Å². The fraction of sp³-hybridized carbons (Fsp3) is 0.654. The molecule has 0 saturated heterocycles. The van der Waals surface area contributed by atoms with E-state index < -0.39 is 5.66 Å². The minimum atomic E-state index is -0.477. The van der Waals surface area contributed by atoms with E-state index in [1.165, 1.54) is 44.9 Å². The lowest BCUT2D eigenvalue weighted by Crippen LogP contribution is -2.58. The van der Waals surface area contributed by atoms with Gasteiger partial charge in [0.05, 0.1) is 12.2 Å². The molecule has 7 rings (SSSR count). The van der Waals surface area contributed by atoms with Crippen LogP contribution in [0.4, 0.5) is 5.69 Å². The molecule has 4 bridgehead atoms. The van der Waals surface area contributed by atoms with Gasteiger partial charge >= 0.3 is 5.97 Å². The van der Waals surface area contributed by atoms with Gasteiger partial charge in [-0.1, -0.05) is 6.42 Å².